The average Bonchev–Trinajstić information content (AvgIpc) is 1.86. The molecule has 2 nitrogen and oxygen atoms in total. The number of allylic oxidation sites excluding steroid dienone is 1. The van der Waals surface area contributed by atoms with Crippen molar-refractivity contribution in [2.24, 2.45) is 5.73 Å². The van der Waals surface area contributed by atoms with Crippen LogP contribution in [0, 0.1) is 0 Å². The zero-order chi connectivity index (χ0) is 7.54. The van der Waals surface area contributed by atoms with Gasteiger partial charge in [0, 0.05) is 0 Å². The van der Waals surface area contributed by atoms with Gasteiger partial charge < -0.3 is 5.73 Å². The molecule has 0 radical (unpaired) electrons. The Morgan fingerprint density at radius 2 is 2.11 bits per heavy atom. The molecule has 0 saturated carbocycles. The van der Waals surface area contributed by atoms with Crippen LogP contribution in [-0.2, 0) is 4.79 Å². The molecule has 1 amide bonds. The molecule has 54 valence electrons. The fraction of sp³-hybridized carbons (Fsp3) is 0.571. The minimum absolute atomic E-state index is 0.250. The summed E-state index contributed by atoms with van der Waals surface area (Å²) in [7, 11) is 0. The Morgan fingerprint density at radius 3 is 2.22 bits per heavy atom. The predicted octanol–water partition coefficient (Wildman–Crippen LogP) is 1.46. The lowest BCUT2D eigenvalue weighted by atomic mass is 10.3. The summed E-state index contributed by atoms with van der Waals surface area (Å²) in [5, 5.41) is 0. The molecule has 0 fully saturated rings. The monoisotopic (exact) mass is 129 g/mol. The van der Waals surface area contributed by atoms with Crippen molar-refractivity contribution in [3.8, 4) is 0 Å². The van der Waals surface area contributed by atoms with Crippen LogP contribution in [0.1, 0.15) is 26.2 Å². The van der Waals surface area contributed by atoms with Gasteiger partial charge in [0.25, 0.3) is 0 Å². The molecular formula is C7H15NO. The van der Waals surface area contributed by atoms with Crippen LogP contribution in [-0.4, -0.2) is 6.41 Å². The van der Waals surface area contributed by atoms with Crippen molar-refractivity contribution in [3.05, 3.63) is 12.7 Å². The maximum absolute atomic E-state index is 8.58. The number of unbranched alkanes of at least 4 members (excludes halogenated alkanes) is 2. The molecule has 0 saturated heterocycles. The standard InChI is InChI=1S/C6H12.CH3NO/c1-3-5-6-4-2;2-1-3/h3H,1,4-6H2,2H3;1H,(H2,2,3). The molecule has 2 heteroatoms. The third kappa shape index (κ3) is 40.1. The van der Waals surface area contributed by atoms with Gasteiger partial charge in [0.1, 0.15) is 0 Å². The molecule has 9 heavy (non-hydrogen) atoms. The van der Waals surface area contributed by atoms with Crippen LogP contribution in [0.15, 0.2) is 12.7 Å². The molecule has 0 aliphatic heterocycles. The summed E-state index contributed by atoms with van der Waals surface area (Å²) >= 11 is 0. The van der Waals surface area contributed by atoms with Gasteiger partial charge in [-0.15, -0.1) is 6.58 Å². The summed E-state index contributed by atoms with van der Waals surface area (Å²) in [6, 6.07) is 0. The third-order valence-electron chi connectivity index (χ3n) is 0.762. The fourth-order valence-electron chi connectivity index (χ4n) is 0.348. The van der Waals surface area contributed by atoms with Crippen molar-refractivity contribution in [2.75, 3.05) is 0 Å². The summed E-state index contributed by atoms with van der Waals surface area (Å²) in [4.78, 5) is 8.58. The van der Waals surface area contributed by atoms with E-state index in [0.29, 0.717) is 0 Å². The smallest absolute Gasteiger partial charge is 0.204 e. The van der Waals surface area contributed by atoms with Gasteiger partial charge in [-0.25, -0.2) is 0 Å². The molecule has 0 heterocycles. The number of hydrogen-bond acceptors (Lipinski definition) is 1. The average molecular weight is 129 g/mol. The number of carbonyl (C=O) groups is 1. The molecule has 0 aromatic heterocycles. The maximum Gasteiger partial charge on any atom is 0.204 e. The van der Waals surface area contributed by atoms with E-state index in [0.717, 1.165) is 0 Å². The number of carbonyl (C=O) groups excluding carboxylic acids is 1. The zero-order valence-corrected chi connectivity index (χ0v) is 5.97. The predicted molar refractivity (Wildman–Crippen MR) is 40.0 cm³/mol. The van der Waals surface area contributed by atoms with E-state index < -0.39 is 0 Å². The first-order valence-electron chi connectivity index (χ1n) is 3.09. The van der Waals surface area contributed by atoms with E-state index in [2.05, 4.69) is 19.2 Å². The van der Waals surface area contributed by atoms with E-state index >= 15 is 0 Å². The van der Waals surface area contributed by atoms with Gasteiger partial charge in [-0.1, -0.05) is 25.8 Å². The van der Waals surface area contributed by atoms with Crippen LogP contribution >= 0.6 is 0 Å². The van der Waals surface area contributed by atoms with E-state index in [1.54, 1.807) is 0 Å². The molecule has 0 atom stereocenters. The lowest BCUT2D eigenvalue weighted by Crippen LogP contribution is -1.82. The number of primary amides is 1. The van der Waals surface area contributed by atoms with E-state index in [9.17, 15) is 0 Å². The fourth-order valence-corrected chi connectivity index (χ4v) is 0.348. The summed E-state index contributed by atoms with van der Waals surface area (Å²) < 4.78 is 0. The van der Waals surface area contributed by atoms with Crippen molar-refractivity contribution in [3.63, 3.8) is 0 Å². The van der Waals surface area contributed by atoms with Crippen LogP contribution in [0.25, 0.3) is 0 Å². The molecule has 0 unspecified atom stereocenters. The van der Waals surface area contributed by atoms with Gasteiger partial charge >= 0.3 is 0 Å². The van der Waals surface area contributed by atoms with Gasteiger partial charge in [0.05, 0.1) is 0 Å². The first kappa shape index (κ1) is 11.1. The highest BCUT2D eigenvalue weighted by Crippen LogP contribution is 1.91. The summed E-state index contributed by atoms with van der Waals surface area (Å²) in [5.41, 5.74) is 4.17. The number of amides is 1. The quantitative estimate of drug-likeness (QED) is 0.350. The summed E-state index contributed by atoms with van der Waals surface area (Å²) in [6.07, 6.45) is 5.97. The molecule has 0 aromatic rings. The highest BCUT2D eigenvalue weighted by molar-refractivity contribution is 5.42. The van der Waals surface area contributed by atoms with Crippen LogP contribution in [0.5, 0.6) is 0 Å². The number of rotatable bonds is 3. The second-order valence-electron chi connectivity index (χ2n) is 1.57. The van der Waals surface area contributed by atoms with Crippen LogP contribution < -0.4 is 5.73 Å². The Labute approximate surface area is 56.7 Å². The zero-order valence-electron chi connectivity index (χ0n) is 5.97. The normalized spacial score (nSPS) is 6.78. The molecule has 0 aromatic carbocycles. The highest BCUT2D eigenvalue weighted by atomic mass is 16.1. The van der Waals surface area contributed by atoms with Crippen molar-refractivity contribution >= 4 is 6.41 Å². The molecule has 0 rings (SSSR count). The van der Waals surface area contributed by atoms with Crippen molar-refractivity contribution < 1.29 is 4.79 Å². The first-order chi connectivity index (χ1) is 4.33. The van der Waals surface area contributed by atoms with Gasteiger partial charge in [0.15, 0.2) is 0 Å². The SMILES string of the molecule is C=CCCCC.NC=O. The van der Waals surface area contributed by atoms with Crippen molar-refractivity contribution in [1.29, 1.82) is 0 Å². The van der Waals surface area contributed by atoms with Gasteiger partial charge in [-0.05, 0) is 6.42 Å². The molecule has 0 bridgehead atoms. The Bertz CT molecular complexity index is 61.9. The minimum atomic E-state index is 0.250. The van der Waals surface area contributed by atoms with E-state index in [4.69, 9.17) is 4.79 Å². The van der Waals surface area contributed by atoms with Crippen molar-refractivity contribution in [2.45, 2.75) is 26.2 Å². The number of nitrogens with two attached hydrogens (primary N) is 1. The summed E-state index contributed by atoms with van der Waals surface area (Å²) in [6.45, 7) is 5.78. The molecule has 0 spiro atoms. The minimum Gasteiger partial charge on any atom is -0.372 e. The molecular weight excluding hydrogens is 114 g/mol. The van der Waals surface area contributed by atoms with Gasteiger partial charge in [-0.2, -0.15) is 0 Å². The van der Waals surface area contributed by atoms with Gasteiger partial charge in [-0.3, -0.25) is 4.79 Å². The van der Waals surface area contributed by atoms with Crippen molar-refractivity contribution in [1.82, 2.24) is 0 Å². The Hall–Kier alpha value is -0.790. The summed E-state index contributed by atoms with van der Waals surface area (Å²) in [5.74, 6) is 0. The highest BCUT2D eigenvalue weighted by Gasteiger charge is 1.71. The van der Waals surface area contributed by atoms with Crippen LogP contribution in [0.4, 0.5) is 0 Å². The second kappa shape index (κ2) is 15.7. The number of hydrogen-bond donors (Lipinski definition) is 1. The molecule has 0 aliphatic carbocycles. The molecule has 2 N–H and O–H groups in total. The first-order valence-corrected chi connectivity index (χ1v) is 3.09. The Kier molecular flexibility index (Phi) is 19.3. The van der Waals surface area contributed by atoms with E-state index in [-0.39, 0.29) is 6.41 Å². The lowest BCUT2D eigenvalue weighted by molar-refractivity contribution is -0.106. The topological polar surface area (TPSA) is 43.1 Å². The van der Waals surface area contributed by atoms with Crippen LogP contribution in [0.2, 0.25) is 0 Å². The lowest BCUT2D eigenvalue weighted by Gasteiger charge is -1.81. The van der Waals surface area contributed by atoms with E-state index in [1.165, 1.54) is 19.3 Å². The molecule has 0 aliphatic rings. The maximum atomic E-state index is 8.58. The van der Waals surface area contributed by atoms with Gasteiger partial charge in [0.2, 0.25) is 6.41 Å². The third-order valence-corrected chi connectivity index (χ3v) is 0.762. The Balaban J connectivity index is 0. The Morgan fingerprint density at radius 1 is 1.67 bits per heavy atom. The van der Waals surface area contributed by atoms with Crippen LogP contribution in [0.3, 0.4) is 0 Å². The van der Waals surface area contributed by atoms with E-state index in [1.807, 2.05) is 6.08 Å². The largest absolute Gasteiger partial charge is 0.372 e. The second-order valence-corrected chi connectivity index (χ2v) is 1.57.